The van der Waals surface area contributed by atoms with Crippen LogP contribution in [0.1, 0.15) is 49.8 Å². The summed E-state index contributed by atoms with van der Waals surface area (Å²) in [4.78, 5) is 4.74. The van der Waals surface area contributed by atoms with E-state index in [-0.39, 0.29) is 24.0 Å². The molecule has 0 spiro atoms. The van der Waals surface area contributed by atoms with Crippen molar-refractivity contribution in [1.29, 1.82) is 0 Å². The lowest BCUT2D eigenvalue weighted by atomic mass is 10.1. The number of aliphatic imine (C=N–C) groups is 1. The van der Waals surface area contributed by atoms with Gasteiger partial charge in [-0.3, -0.25) is 0 Å². The lowest BCUT2D eigenvalue weighted by molar-refractivity contribution is 0.466. The largest absolute Gasteiger partial charge is 0.507 e. The quantitative estimate of drug-likeness (QED) is 0.324. The highest BCUT2D eigenvalue weighted by atomic mass is 127. The van der Waals surface area contributed by atoms with Crippen molar-refractivity contribution in [3.8, 4) is 5.75 Å². The Kier molecular flexibility index (Phi) is 10.0. The molecule has 3 N–H and O–H groups in total. The molecule has 1 fully saturated rings. The number of thioether (sulfide) groups is 1. The smallest absolute Gasteiger partial charge is 0.191 e. The molecule has 0 heterocycles. The van der Waals surface area contributed by atoms with Gasteiger partial charge in [0.2, 0.25) is 0 Å². The lowest BCUT2D eigenvalue weighted by Crippen LogP contribution is -2.42. The van der Waals surface area contributed by atoms with Crippen molar-refractivity contribution < 1.29 is 5.11 Å². The van der Waals surface area contributed by atoms with E-state index in [0.29, 0.717) is 18.3 Å². The van der Waals surface area contributed by atoms with Gasteiger partial charge in [-0.05, 0) is 62.5 Å². The van der Waals surface area contributed by atoms with Crippen LogP contribution >= 0.6 is 35.7 Å². The lowest BCUT2D eigenvalue weighted by Gasteiger charge is -2.17. The third kappa shape index (κ3) is 6.89. The zero-order valence-corrected chi connectivity index (χ0v) is 18.9. The number of benzene rings is 1. The van der Waals surface area contributed by atoms with Gasteiger partial charge >= 0.3 is 0 Å². The highest BCUT2D eigenvalue weighted by Gasteiger charge is 2.25. The van der Waals surface area contributed by atoms with Crippen molar-refractivity contribution >= 4 is 41.7 Å². The van der Waals surface area contributed by atoms with Crippen LogP contribution in [0.2, 0.25) is 0 Å². The molecule has 0 amide bonds. The van der Waals surface area contributed by atoms with E-state index in [2.05, 4.69) is 36.2 Å². The van der Waals surface area contributed by atoms with Crippen LogP contribution in [0.3, 0.4) is 0 Å². The fourth-order valence-corrected chi connectivity index (χ4v) is 4.42. The zero-order chi connectivity index (χ0) is 17.5. The molecule has 0 radical (unpaired) electrons. The van der Waals surface area contributed by atoms with Gasteiger partial charge < -0.3 is 15.7 Å². The molecule has 2 atom stereocenters. The van der Waals surface area contributed by atoms with Crippen LogP contribution in [0.15, 0.2) is 17.1 Å². The number of hydrogen-bond acceptors (Lipinski definition) is 3. The summed E-state index contributed by atoms with van der Waals surface area (Å²) >= 11 is 2.07. The Hall–Kier alpha value is -0.630. The second-order valence-electron chi connectivity index (χ2n) is 6.51. The van der Waals surface area contributed by atoms with Crippen molar-refractivity contribution in [2.45, 2.75) is 64.8 Å². The van der Waals surface area contributed by atoms with E-state index in [1.165, 1.54) is 25.0 Å². The normalized spacial score (nSPS) is 20.2. The van der Waals surface area contributed by atoms with Gasteiger partial charge in [0.1, 0.15) is 5.75 Å². The summed E-state index contributed by atoms with van der Waals surface area (Å²) < 4.78 is 0. The number of hydrogen-bond donors (Lipinski definition) is 3. The molecule has 6 heteroatoms. The highest BCUT2D eigenvalue weighted by Crippen LogP contribution is 2.29. The molecule has 0 bridgehead atoms. The minimum Gasteiger partial charge on any atom is -0.507 e. The SMILES string of the molecule is CCNC(=NCc1cc(C)c(O)c(C)c1)NC1CCC(SCC)C1.I. The molecule has 142 valence electrons. The summed E-state index contributed by atoms with van der Waals surface area (Å²) in [5, 5.41) is 17.6. The van der Waals surface area contributed by atoms with Crippen LogP contribution in [0.5, 0.6) is 5.75 Å². The van der Waals surface area contributed by atoms with Crippen LogP contribution in [-0.2, 0) is 6.54 Å². The van der Waals surface area contributed by atoms with Gasteiger partial charge in [0, 0.05) is 17.8 Å². The van der Waals surface area contributed by atoms with Gasteiger partial charge in [0.15, 0.2) is 5.96 Å². The maximum absolute atomic E-state index is 9.89. The molecule has 1 aromatic carbocycles. The van der Waals surface area contributed by atoms with Gasteiger partial charge in [0.05, 0.1) is 6.54 Å². The Morgan fingerprint density at radius 1 is 1.24 bits per heavy atom. The molecule has 1 saturated carbocycles. The van der Waals surface area contributed by atoms with Crippen molar-refractivity contribution in [2.75, 3.05) is 12.3 Å². The van der Waals surface area contributed by atoms with E-state index in [9.17, 15) is 5.11 Å². The Morgan fingerprint density at radius 2 is 1.92 bits per heavy atom. The molecular formula is C19H32IN3OS. The monoisotopic (exact) mass is 477 g/mol. The Morgan fingerprint density at radius 3 is 2.52 bits per heavy atom. The predicted octanol–water partition coefficient (Wildman–Crippen LogP) is 4.36. The van der Waals surface area contributed by atoms with Crippen molar-refractivity contribution in [1.82, 2.24) is 10.6 Å². The zero-order valence-electron chi connectivity index (χ0n) is 15.8. The first-order valence-electron chi connectivity index (χ1n) is 8.99. The number of nitrogens with one attached hydrogen (secondary N) is 2. The predicted molar refractivity (Wildman–Crippen MR) is 121 cm³/mol. The minimum atomic E-state index is 0. The Bertz CT molecular complexity index is 557. The second-order valence-corrected chi connectivity index (χ2v) is 8.08. The first-order chi connectivity index (χ1) is 11.5. The molecule has 25 heavy (non-hydrogen) atoms. The number of guanidine groups is 1. The Labute approximate surface area is 173 Å². The third-order valence-electron chi connectivity index (χ3n) is 4.44. The number of phenolic OH excluding ortho intramolecular Hbond substituents is 1. The summed E-state index contributed by atoms with van der Waals surface area (Å²) in [5.74, 6) is 2.48. The standard InChI is InChI=1S/C19H31N3OS.HI/c1-5-20-19(22-16-7-8-17(11-16)24-6-2)21-12-15-9-13(3)18(23)14(4)10-15;/h9-10,16-17,23H,5-8,11-12H2,1-4H3,(H2,20,21,22);1H. The minimum absolute atomic E-state index is 0. The van der Waals surface area contributed by atoms with Crippen LogP contribution < -0.4 is 10.6 Å². The topological polar surface area (TPSA) is 56.7 Å². The van der Waals surface area contributed by atoms with E-state index >= 15 is 0 Å². The first kappa shape index (κ1) is 22.4. The van der Waals surface area contributed by atoms with E-state index in [0.717, 1.165) is 34.4 Å². The maximum Gasteiger partial charge on any atom is 0.191 e. The van der Waals surface area contributed by atoms with Gasteiger partial charge in [0.25, 0.3) is 0 Å². The molecular weight excluding hydrogens is 445 g/mol. The van der Waals surface area contributed by atoms with Crippen LogP contribution in [0.4, 0.5) is 0 Å². The van der Waals surface area contributed by atoms with E-state index in [1.807, 2.05) is 26.0 Å². The molecule has 4 nitrogen and oxygen atoms in total. The number of nitrogens with zero attached hydrogens (tertiary/aromatic N) is 1. The number of aromatic hydroxyl groups is 1. The average Bonchev–Trinajstić information content (AvgIpc) is 2.98. The summed E-state index contributed by atoms with van der Waals surface area (Å²) in [7, 11) is 0. The number of halogens is 1. The van der Waals surface area contributed by atoms with E-state index < -0.39 is 0 Å². The van der Waals surface area contributed by atoms with Crippen molar-refractivity contribution in [3.05, 3.63) is 28.8 Å². The molecule has 0 saturated heterocycles. The van der Waals surface area contributed by atoms with Gasteiger partial charge in [-0.15, -0.1) is 24.0 Å². The van der Waals surface area contributed by atoms with E-state index in [4.69, 9.17) is 4.99 Å². The fraction of sp³-hybridized carbons (Fsp3) is 0.632. The third-order valence-corrected chi connectivity index (χ3v) is 5.68. The first-order valence-corrected chi connectivity index (χ1v) is 10.0. The molecule has 1 aliphatic rings. The van der Waals surface area contributed by atoms with Gasteiger partial charge in [-0.2, -0.15) is 11.8 Å². The van der Waals surface area contributed by atoms with E-state index in [1.54, 1.807) is 0 Å². The fourth-order valence-electron chi connectivity index (χ4n) is 3.28. The highest BCUT2D eigenvalue weighted by molar-refractivity contribution is 14.0. The average molecular weight is 477 g/mol. The van der Waals surface area contributed by atoms with Crippen LogP contribution in [0.25, 0.3) is 0 Å². The second kappa shape index (κ2) is 11.2. The number of rotatable bonds is 6. The molecule has 1 aliphatic carbocycles. The summed E-state index contributed by atoms with van der Waals surface area (Å²) in [5.41, 5.74) is 2.95. The Balaban J connectivity index is 0.00000312. The molecule has 1 aromatic rings. The summed E-state index contributed by atoms with van der Waals surface area (Å²) in [6.07, 6.45) is 3.74. The summed E-state index contributed by atoms with van der Waals surface area (Å²) in [6, 6.07) is 4.55. The van der Waals surface area contributed by atoms with Crippen LogP contribution in [-0.4, -0.2) is 34.7 Å². The number of aryl methyl sites for hydroxylation is 2. The van der Waals surface area contributed by atoms with Gasteiger partial charge in [-0.25, -0.2) is 4.99 Å². The molecule has 2 rings (SSSR count). The van der Waals surface area contributed by atoms with Gasteiger partial charge in [-0.1, -0.05) is 19.1 Å². The van der Waals surface area contributed by atoms with Crippen LogP contribution in [0, 0.1) is 13.8 Å². The number of phenols is 1. The molecule has 0 aromatic heterocycles. The van der Waals surface area contributed by atoms with Crippen molar-refractivity contribution in [3.63, 3.8) is 0 Å². The summed E-state index contributed by atoms with van der Waals surface area (Å²) in [6.45, 7) is 9.68. The molecule has 2 unspecified atom stereocenters. The maximum atomic E-state index is 9.89. The molecule has 0 aliphatic heterocycles. The van der Waals surface area contributed by atoms with Crippen molar-refractivity contribution in [2.24, 2.45) is 4.99 Å².